The second-order valence-corrected chi connectivity index (χ2v) is 3.68. The van der Waals surface area contributed by atoms with Gasteiger partial charge in [0.1, 0.15) is 6.54 Å². The molecular weight excluding hydrogens is 260 g/mol. The van der Waals surface area contributed by atoms with Crippen LogP contribution in [0.25, 0.3) is 0 Å². The number of carbonyl (C=O) groups is 2. The Morgan fingerprint density at radius 1 is 1.10 bits per heavy atom. The van der Waals surface area contributed by atoms with Gasteiger partial charge in [-0.15, -0.1) is 0 Å². The van der Waals surface area contributed by atoms with E-state index in [1.807, 2.05) is 18.2 Å². The first-order chi connectivity index (χ1) is 9.67. The van der Waals surface area contributed by atoms with Gasteiger partial charge in [0.25, 0.3) is 0 Å². The minimum Gasteiger partial charge on any atom is -0.477 e. The van der Waals surface area contributed by atoms with Gasteiger partial charge < -0.3 is 14.8 Å². The molecule has 1 N–H and O–H groups in total. The van der Waals surface area contributed by atoms with Crippen molar-refractivity contribution in [2.24, 2.45) is 4.99 Å². The van der Waals surface area contributed by atoms with Gasteiger partial charge in [-0.2, -0.15) is 4.99 Å². The molecule has 1 rings (SSSR count). The first kappa shape index (κ1) is 15.7. The summed E-state index contributed by atoms with van der Waals surface area (Å²) in [5, 5.41) is 2.34. The summed E-state index contributed by atoms with van der Waals surface area (Å²) in [6.45, 7) is 3.94. The Balaban J connectivity index is 2.67. The molecule has 1 aromatic carbocycles. The number of hydrogen-bond donors (Lipinski definition) is 1. The van der Waals surface area contributed by atoms with Gasteiger partial charge in [0.15, 0.2) is 0 Å². The third-order valence-corrected chi connectivity index (χ3v) is 2.19. The molecule has 0 aliphatic carbocycles. The van der Waals surface area contributed by atoms with Crippen molar-refractivity contribution in [3.05, 3.63) is 35.9 Å². The Bertz CT molecular complexity index is 471. The fourth-order valence-electron chi connectivity index (χ4n) is 1.39. The molecule has 108 valence electrons. The van der Waals surface area contributed by atoms with Crippen molar-refractivity contribution in [3.8, 4) is 0 Å². The van der Waals surface area contributed by atoms with Gasteiger partial charge in [-0.1, -0.05) is 18.2 Å². The molecule has 20 heavy (non-hydrogen) atoms. The van der Waals surface area contributed by atoms with Crippen molar-refractivity contribution in [2.45, 2.75) is 13.8 Å². The number of hydrogen-bond acceptors (Lipinski definition) is 4. The molecule has 1 aromatic rings. The molecule has 0 fully saturated rings. The molecule has 6 heteroatoms. The minimum absolute atomic E-state index is 0.217. The first-order valence-corrected chi connectivity index (χ1v) is 6.37. The van der Waals surface area contributed by atoms with E-state index in [1.54, 1.807) is 26.0 Å². The Morgan fingerprint density at radius 2 is 1.75 bits per heavy atom. The van der Waals surface area contributed by atoms with Gasteiger partial charge in [-0.25, -0.2) is 4.79 Å². The lowest BCUT2D eigenvalue weighted by Gasteiger charge is -2.07. The van der Waals surface area contributed by atoms with E-state index in [0.717, 1.165) is 0 Å². The number of nitrogens with one attached hydrogen (secondary N) is 1. The zero-order valence-corrected chi connectivity index (χ0v) is 11.6. The van der Waals surface area contributed by atoms with Gasteiger partial charge >= 0.3 is 12.0 Å². The fourth-order valence-corrected chi connectivity index (χ4v) is 1.39. The number of urea groups is 1. The Hall–Kier alpha value is -2.37. The minimum atomic E-state index is -0.648. The fraction of sp³-hybridized carbons (Fsp3) is 0.357. The lowest BCUT2D eigenvalue weighted by molar-refractivity contribution is -0.141. The van der Waals surface area contributed by atoms with Crippen molar-refractivity contribution in [1.82, 2.24) is 5.32 Å². The van der Waals surface area contributed by atoms with E-state index in [0.29, 0.717) is 12.2 Å². The van der Waals surface area contributed by atoms with Crippen LogP contribution in [0.15, 0.2) is 35.3 Å². The van der Waals surface area contributed by atoms with E-state index >= 15 is 0 Å². The molecular formula is C14H18N2O4. The molecule has 0 atom stereocenters. The third kappa shape index (κ3) is 5.51. The van der Waals surface area contributed by atoms with Crippen molar-refractivity contribution >= 4 is 17.9 Å². The number of ether oxygens (including phenoxy) is 2. The van der Waals surface area contributed by atoms with Crippen LogP contribution >= 0.6 is 0 Å². The molecule has 0 bridgehead atoms. The summed E-state index contributed by atoms with van der Waals surface area (Å²) in [6, 6.07) is 8.42. The normalized spacial score (nSPS) is 10.8. The number of carbonyl (C=O) groups excluding carboxylic acids is 2. The second-order valence-electron chi connectivity index (χ2n) is 3.68. The summed E-state index contributed by atoms with van der Waals surface area (Å²) < 4.78 is 10.0. The average molecular weight is 278 g/mol. The zero-order valence-electron chi connectivity index (χ0n) is 11.6. The predicted molar refractivity (Wildman–Crippen MR) is 74.6 cm³/mol. The van der Waals surface area contributed by atoms with Crippen molar-refractivity contribution in [2.75, 3.05) is 19.8 Å². The topological polar surface area (TPSA) is 77.0 Å². The van der Waals surface area contributed by atoms with Crippen LogP contribution in [0.1, 0.15) is 19.4 Å². The molecule has 0 spiro atoms. The summed E-state index contributed by atoms with van der Waals surface area (Å²) in [6.07, 6.45) is 0. The van der Waals surface area contributed by atoms with Crippen molar-refractivity contribution in [1.29, 1.82) is 0 Å². The Morgan fingerprint density at radius 3 is 2.35 bits per heavy atom. The van der Waals surface area contributed by atoms with Crippen molar-refractivity contribution in [3.63, 3.8) is 0 Å². The van der Waals surface area contributed by atoms with Crippen LogP contribution in [-0.2, 0) is 14.3 Å². The number of aliphatic imine (C=N–C) groups is 1. The van der Waals surface area contributed by atoms with Gasteiger partial charge in [0, 0.05) is 5.56 Å². The highest BCUT2D eigenvalue weighted by molar-refractivity contribution is 6.01. The number of nitrogens with zero attached hydrogens (tertiary/aromatic N) is 1. The quantitative estimate of drug-likeness (QED) is 0.505. The molecule has 0 aliphatic heterocycles. The SMILES string of the molecule is CCOC(=O)CNC(=O)/N=C(\OCC)c1ccccc1. The maximum absolute atomic E-state index is 11.6. The van der Waals surface area contributed by atoms with Gasteiger partial charge in [0.05, 0.1) is 13.2 Å². The van der Waals surface area contributed by atoms with Crippen molar-refractivity contribution < 1.29 is 19.1 Å². The van der Waals surface area contributed by atoms with E-state index < -0.39 is 12.0 Å². The molecule has 6 nitrogen and oxygen atoms in total. The zero-order chi connectivity index (χ0) is 14.8. The number of rotatable bonds is 5. The number of benzene rings is 1. The summed E-state index contributed by atoms with van der Waals surface area (Å²) >= 11 is 0. The van der Waals surface area contributed by atoms with E-state index in [1.165, 1.54) is 0 Å². The van der Waals surface area contributed by atoms with Gasteiger partial charge in [0.2, 0.25) is 5.90 Å². The molecule has 0 radical (unpaired) electrons. The van der Waals surface area contributed by atoms with Crippen LogP contribution in [0.2, 0.25) is 0 Å². The van der Waals surface area contributed by atoms with Crippen LogP contribution in [0.3, 0.4) is 0 Å². The highest BCUT2D eigenvalue weighted by Crippen LogP contribution is 2.03. The summed E-state index contributed by atoms with van der Waals surface area (Å²) in [5.41, 5.74) is 0.695. The van der Waals surface area contributed by atoms with Crippen LogP contribution in [-0.4, -0.2) is 37.7 Å². The molecule has 0 saturated heterocycles. The monoisotopic (exact) mass is 278 g/mol. The standard InChI is InChI=1S/C14H18N2O4/c1-3-19-12(17)10-15-14(18)16-13(20-4-2)11-8-6-5-7-9-11/h5-9H,3-4,10H2,1-2H3,(H,15,18)/b16-13-. The second kappa shape index (κ2) is 8.68. The summed E-state index contributed by atoms with van der Waals surface area (Å²) in [7, 11) is 0. The first-order valence-electron chi connectivity index (χ1n) is 6.37. The van der Waals surface area contributed by atoms with E-state index in [2.05, 4.69) is 10.3 Å². The smallest absolute Gasteiger partial charge is 0.344 e. The largest absolute Gasteiger partial charge is 0.477 e. The van der Waals surface area contributed by atoms with E-state index in [9.17, 15) is 9.59 Å². The van der Waals surface area contributed by atoms with Crippen LogP contribution in [0.4, 0.5) is 4.79 Å². The van der Waals surface area contributed by atoms with Gasteiger partial charge in [-0.05, 0) is 26.0 Å². The molecule has 0 aliphatic rings. The maximum Gasteiger partial charge on any atom is 0.344 e. The molecule has 0 unspecified atom stereocenters. The van der Waals surface area contributed by atoms with E-state index in [-0.39, 0.29) is 19.0 Å². The van der Waals surface area contributed by atoms with Gasteiger partial charge in [-0.3, -0.25) is 4.79 Å². The Labute approximate surface area is 117 Å². The molecule has 0 heterocycles. The average Bonchev–Trinajstić information content (AvgIpc) is 2.46. The number of amides is 2. The lowest BCUT2D eigenvalue weighted by Crippen LogP contribution is -2.29. The summed E-state index contributed by atoms with van der Waals surface area (Å²) in [4.78, 5) is 26.5. The van der Waals surface area contributed by atoms with E-state index in [4.69, 9.17) is 9.47 Å². The predicted octanol–water partition coefficient (Wildman–Crippen LogP) is 1.74. The molecule has 0 saturated carbocycles. The highest BCUT2D eigenvalue weighted by Gasteiger charge is 2.09. The summed E-state index contributed by atoms with van der Waals surface area (Å²) in [5.74, 6) is -0.289. The molecule has 2 amide bonds. The third-order valence-electron chi connectivity index (χ3n) is 2.19. The van der Waals surface area contributed by atoms with Crippen LogP contribution in [0, 0.1) is 0 Å². The van der Waals surface area contributed by atoms with Crippen LogP contribution < -0.4 is 5.32 Å². The number of esters is 1. The highest BCUT2D eigenvalue weighted by atomic mass is 16.5. The Kier molecular flexibility index (Phi) is 6.81. The molecule has 0 aromatic heterocycles. The lowest BCUT2D eigenvalue weighted by atomic mass is 10.2. The van der Waals surface area contributed by atoms with Crippen LogP contribution in [0.5, 0.6) is 0 Å². The maximum atomic E-state index is 11.6.